The third-order valence-corrected chi connectivity index (χ3v) is 4.02. The fourth-order valence-corrected chi connectivity index (χ4v) is 2.72. The van der Waals surface area contributed by atoms with Crippen LogP contribution < -0.4 is 10.2 Å². The number of amides is 2. The van der Waals surface area contributed by atoms with Gasteiger partial charge in [0.2, 0.25) is 11.8 Å². The fraction of sp³-hybridized carbons (Fsp3) is 0.222. The standard InChI is InChI=1S/C18H17FN2O2/c1-21-16-7-6-12(8-14(16)10-18(21)23)9-17(22)20-11-13-4-2-3-5-15(13)19/h2-8H,9-11H2,1H3,(H,20,22). The molecule has 1 aliphatic heterocycles. The molecule has 2 aromatic carbocycles. The van der Waals surface area contributed by atoms with Gasteiger partial charge >= 0.3 is 0 Å². The summed E-state index contributed by atoms with van der Waals surface area (Å²) >= 11 is 0. The number of fused-ring (bicyclic) bond motifs is 1. The second kappa shape index (κ2) is 6.20. The Morgan fingerprint density at radius 1 is 1.26 bits per heavy atom. The largest absolute Gasteiger partial charge is 0.352 e. The zero-order chi connectivity index (χ0) is 16.4. The van der Waals surface area contributed by atoms with Crippen molar-refractivity contribution in [1.29, 1.82) is 0 Å². The van der Waals surface area contributed by atoms with Gasteiger partial charge in [-0.25, -0.2) is 4.39 Å². The highest BCUT2D eigenvalue weighted by atomic mass is 19.1. The van der Waals surface area contributed by atoms with Crippen LogP contribution in [0.5, 0.6) is 0 Å². The van der Waals surface area contributed by atoms with E-state index in [0.717, 1.165) is 16.8 Å². The first-order chi connectivity index (χ1) is 11.0. The molecule has 0 atom stereocenters. The van der Waals surface area contributed by atoms with E-state index in [1.54, 1.807) is 30.1 Å². The predicted octanol–water partition coefficient (Wildman–Crippen LogP) is 2.20. The minimum absolute atomic E-state index is 0.0566. The summed E-state index contributed by atoms with van der Waals surface area (Å²) < 4.78 is 13.5. The molecule has 5 heteroatoms. The van der Waals surface area contributed by atoms with Gasteiger partial charge in [-0.3, -0.25) is 9.59 Å². The molecule has 0 spiro atoms. The highest BCUT2D eigenvalue weighted by Crippen LogP contribution is 2.28. The van der Waals surface area contributed by atoms with E-state index >= 15 is 0 Å². The average Bonchev–Trinajstić information content (AvgIpc) is 2.81. The van der Waals surface area contributed by atoms with E-state index in [1.807, 2.05) is 18.2 Å². The summed E-state index contributed by atoms with van der Waals surface area (Å²) in [6.45, 7) is 0.164. The van der Waals surface area contributed by atoms with Crippen LogP contribution >= 0.6 is 0 Å². The summed E-state index contributed by atoms with van der Waals surface area (Å²) in [7, 11) is 1.74. The molecule has 0 saturated carbocycles. The number of likely N-dealkylation sites (N-methyl/N-ethyl adjacent to an activating group) is 1. The predicted molar refractivity (Wildman–Crippen MR) is 85.5 cm³/mol. The van der Waals surface area contributed by atoms with Crippen molar-refractivity contribution in [1.82, 2.24) is 5.32 Å². The van der Waals surface area contributed by atoms with E-state index in [2.05, 4.69) is 5.32 Å². The Hall–Kier alpha value is -2.69. The van der Waals surface area contributed by atoms with Gasteiger partial charge in [0.1, 0.15) is 5.82 Å². The Kier molecular flexibility index (Phi) is 4.10. The first kappa shape index (κ1) is 15.2. The van der Waals surface area contributed by atoms with Crippen molar-refractivity contribution in [2.45, 2.75) is 19.4 Å². The molecule has 2 amide bonds. The molecule has 118 valence electrons. The van der Waals surface area contributed by atoms with Gasteiger partial charge in [0.15, 0.2) is 0 Å². The summed E-state index contributed by atoms with van der Waals surface area (Å²) in [4.78, 5) is 25.3. The summed E-state index contributed by atoms with van der Waals surface area (Å²) in [5.74, 6) is -0.445. The third kappa shape index (κ3) is 3.23. The van der Waals surface area contributed by atoms with Crippen LogP contribution in [0.25, 0.3) is 0 Å². The molecule has 0 aromatic heterocycles. The molecule has 0 unspecified atom stereocenters. The number of carbonyl (C=O) groups excluding carboxylic acids is 2. The number of hydrogen-bond acceptors (Lipinski definition) is 2. The normalized spacial score (nSPS) is 13.1. The molecule has 0 saturated heterocycles. The van der Waals surface area contributed by atoms with E-state index < -0.39 is 0 Å². The Labute approximate surface area is 133 Å². The first-order valence-electron chi connectivity index (χ1n) is 7.43. The Balaban J connectivity index is 1.62. The van der Waals surface area contributed by atoms with Crippen LogP contribution in [0.1, 0.15) is 16.7 Å². The summed E-state index contributed by atoms with van der Waals surface area (Å²) in [6, 6.07) is 12.0. The second-order valence-corrected chi connectivity index (χ2v) is 5.64. The molecular formula is C18H17FN2O2. The molecule has 4 nitrogen and oxygen atoms in total. The van der Waals surface area contributed by atoms with Crippen LogP contribution in [-0.4, -0.2) is 18.9 Å². The molecule has 1 heterocycles. The van der Waals surface area contributed by atoms with Gasteiger partial charge in [-0.05, 0) is 23.3 Å². The monoisotopic (exact) mass is 312 g/mol. The highest BCUT2D eigenvalue weighted by molar-refractivity contribution is 6.01. The van der Waals surface area contributed by atoms with Crippen molar-refractivity contribution >= 4 is 17.5 Å². The van der Waals surface area contributed by atoms with Gasteiger partial charge < -0.3 is 10.2 Å². The summed E-state index contributed by atoms with van der Waals surface area (Å²) in [6.07, 6.45) is 0.580. The van der Waals surface area contributed by atoms with Gasteiger partial charge in [-0.2, -0.15) is 0 Å². The molecule has 1 N–H and O–H groups in total. The van der Waals surface area contributed by atoms with Crippen LogP contribution in [-0.2, 0) is 29.0 Å². The van der Waals surface area contributed by atoms with E-state index in [9.17, 15) is 14.0 Å². The SMILES string of the molecule is CN1C(=O)Cc2cc(CC(=O)NCc3ccccc3F)ccc21. The topological polar surface area (TPSA) is 49.4 Å². The molecule has 0 bridgehead atoms. The molecule has 0 aliphatic carbocycles. The van der Waals surface area contributed by atoms with Crippen LogP contribution in [0, 0.1) is 5.82 Å². The number of halogens is 1. The molecular weight excluding hydrogens is 295 g/mol. The van der Waals surface area contributed by atoms with Crippen LogP contribution in [0.4, 0.5) is 10.1 Å². The fourth-order valence-electron chi connectivity index (χ4n) is 2.72. The smallest absolute Gasteiger partial charge is 0.231 e. The highest BCUT2D eigenvalue weighted by Gasteiger charge is 2.24. The molecule has 0 radical (unpaired) electrons. The van der Waals surface area contributed by atoms with Crippen LogP contribution in [0.3, 0.4) is 0 Å². The van der Waals surface area contributed by atoms with E-state index in [4.69, 9.17) is 0 Å². The lowest BCUT2D eigenvalue weighted by atomic mass is 10.1. The lowest BCUT2D eigenvalue weighted by molar-refractivity contribution is -0.120. The van der Waals surface area contributed by atoms with Crippen molar-refractivity contribution < 1.29 is 14.0 Å². The van der Waals surface area contributed by atoms with Crippen molar-refractivity contribution in [3.63, 3.8) is 0 Å². The zero-order valence-corrected chi connectivity index (χ0v) is 12.8. The number of carbonyl (C=O) groups is 2. The second-order valence-electron chi connectivity index (χ2n) is 5.64. The number of benzene rings is 2. The first-order valence-corrected chi connectivity index (χ1v) is 7.43. The van der Waals surface area contributed by atoms with E-state index in [-0.39, 0.29) is 30.6 Å². The minimum atomic E-state index is -0.327. The molecule has 1 aliphatic rings. The number of nitrogens with zero attached hydrogens (tertiary/aromatic N) is 1. The van der Waals surface area contributed by atoms with Crippen molar-refractivity contribution in [2.75, 3.05) is 11.9 Å². The van der Waals surface area contributed by atoms with Crippen molar-refractivity contribution in [3.05, 3.63) is 65.0 Å². The van der Waals surface area contributed by atoms with Crippen molar-refractivity contribution in [3.8, 4) is 0 Å². The summed E-state index contributed by atoms with van der Waals surface area (Å²) in [5.41, 5.74) is 3.14. The molecule has 0 fully saturated rings. The van der Waals surface area contributed by atoms with Crippen molar-refractivity contribution in [2.24, 2.45) is 0 Å². The van der Waals surface area contributed by atoms with Gasteiger partial charge in [0, 0.05) is 24.8 Å². The number of hydrogen-bond donors (Lipinski definition) is 1. The third-order valence-electron chi connectivity index (χ3n) is 4.02. The quantitative estimate of drug-likeness (QED) is 0.941. The number of anilines is 1. The van der Waals surface area contributed by atoms with Gasteiger partial charge in [0.25, 0.3) is 0 Å². The molecule has 2 aromatic rings. The lowest BCUT2D eigenvalue weighted by Gasteiger charge is -2.11. The number of rotatable bonds is 4. The number of nitrogens with one attached hydrogen (secondary N) is 1. The lowest BCUT2D eigenvalue weighted by Crippen LogP contribution is -2.25. The zero-order valence-electron chi connectivity index (χ0n) is 12.8. The maximum atomic E-state index is 13.5. The van der Waals surface area contributed by atoms with Gasteiger partial charge in [0.05, 0.1) is 12.8 Å². The Bertz CT molecular complexity index is 773. The van der Waals surface area contributed by atoms with E-state index in [1.165, 1.54) is 6.07 Å². The Morgan fingerprint density at radius 3 is 2.83 bits per heavy atom. The van der Waals surface area contributed by atoms with Crippen LogP contribution in [0.2, 0.25) is 0 Å². The minimum Gasteiger partial charge on any atom is -0.352 e. The molecule has 3 rings (SSSR count). The van der Waals surface area contributed by atoms with Gasteiger partial charge in [-0.15, -0.1) is 0 Å². The maximum Gasteiger partial charge on any atom is 0.231 e. The van der Waals surface area contributed by atoms with E-state index in [0.29, 0.717) is 12.0 Å². The van der Waals surface area contributed by atoms with Crippen LogP contribution in [0.15, 0.2) is 42.5 Å². The average molecular weight is 312 g/mol. The van der Waals surface area contributed by atoms with Gasteiger partial charge in [-0.1, -0.05) is 30.3 Å². The molecule has 23 heavy (non-hydrogen) atoms. The Morgan fingerprint density at radius 2 is 2.04 bits per heavy atom. The maximum absolute atomic E-state index is 13.5. The summed E-state index contributed by atoms with van der Waals surface area (Å²) in [5, 5.41) is 2.72.